The number of carbonyl (C=O) groups is 1. The lowest BCUT2D eigenvalue weighted by Crippen LogP contribution is -2.37. The van der Waals surface area contributed by atoms with Gasteiger partial charge in [-0.1, -0.05) is 18.2 Å². The van der Waals surface area contributed by atoms with Crippen molar-refractivity contribution in [3.63, 3.8) is 0 Å². The molecular formula is C24H21FN6O2. The molecule has 1 amide bonds. The summed E-state index contributed by atoms with van der Waals surface area (Å²) in [7, 11) is 0. The quantitative estimate of drug-likeness (QED) is 0.503. The zero-order valence-electron chi connectivity index (χ0n) is 17.8. The van der Waals surface area contributed by atoms with Crippen molar-refractivity contribution in [2.75, 3.05) is 11.9 Å². The van der Waals surface area contributed by atoms with Gasteiger partial charge in [0.05, 0.1) is 29.4 Å². The molecule has 0 spiro atoms. The summed E-state index contributed by atoms with van der Waals surface area (Å²) in [5.41, 5.74) is 9.25. The van der Waals surface area contributed by atoms with E-state index in [4.69, 9.17) is 10.8 Å². The predicted molar refractivity (Wildman–Crippen MR) is 122 cm³/mol. The van der Waals surface area contributed by atoms with Gasteiger partial charge in [0.25, 0.3) is 5.56 Å². The fraction of sp³-hybridized carbons (Fsp3) is 0.167. The molecule has 0 saturated carbocycles. The monoisotopic (exact) mass is 444 g/mol. The number of hydrogen-bond acceptors (Lipinski definition) is 5. The third kappa shape index (κ3) is 3.67. The smallest absolute Gasteiger partial charge is 0.271 e. The molecule has 3 N–H and O–H groups in total. The van der Waals surface area contributed by atoms with Crippen molar-refractivity contribution in [2.45, 2.75) is 13.5 Å². The van der Waals surface area contributed by atoms with Crippen LogP contribution in [0.5, 0.6) is 0 Å². The number of anilines is 1. The van der Waals surface area contributed by atoms with Gasteiger partial charge in [-0.2, -0.15) is 14.9 Å². The third-order valence-corrected chi connectivity index (χ3v) is 5.78. The predicted octanol–water partition coefficient (Wildman–Crippen LogP) is 2.74. The van der Waals surface area contributed by atoms with Gasteiger partial charge in [0, 0.05) is 18.2 Å². The molecule has 33 heavy (non-hydrogen) atoms. The van der Waals surface area contributed by atoms with E-state index in [1.165, 1.54) is 22.9 Å². The lowest BCUT2D eigenvalue weighted by Gasteiger charge is -2.23. The van der Waals surface area contributed by atoms with Crippen LogP contribution in [-0.4, -0.2) is 32.0 Å². The number of para-hydroxylation sites is 1. The Balaban J connectivity index is 1.72. The standard InChI is InChI=1S/C24H21FN6O2/c1-14-4-2-3-5-19(14)31-20(32)11-10-18(28-31)21-22(15-6-8-17(25)9-7-15)29-30-13-16(23(26)33)12-27-24(21)30/h2-11,16,27H,12-13H2,1H3,(H2,26,33). The Morgan fingerprint density at radius 3 is 2.58 bits per heavy atom. The van der Waals surface area contributed by atoms with E-state index >= 15 is 0 Å². The van der Waals surface area contributed by atoms with Crippen LogP contribution in [0.3, 0.4) is 0 Å². The fourth-order valence-corrected chi connectivity index (χ4v) is 4.03. The summed E-state index contributed by atoms with van der Waals surface area (Å²) >= 11 is 0. The van der Waals surface area contributed by atoms with Crippen molar-refractivity contribution >= 4 is 11.7 Å². The Morgan fingerprint density at radius 1 is 1.09 bits per heavy atom. The maximum absolute atomic E-state index is 13.6. The van der Waals surface area contributed by atoms with Crippen molar-refractivity contribution in [3.05, 3.63) is 82.4 Å². The van der Waals surface area contributed by atoms with E-state index in [-0.39, 0.29) is 11.4 Å². The molecule has 1 aliphatic rings. The van der Waals surface area contributed by atoms with Crippen LogP contribution in [0.4, 0.5) is 10.2 Å². The number of hydrogen-bond donors (Lipinski definition) is 2. The topological polar surface area (TPSA) is 108 Å². The summed E-state index contributed by atoms with van der Waals surface area (Å²) in [6.07, 6.45) is 0. The number of primary amides is 1. The summed E-state index contributed by atoms with van der Waals surface area (Å²) in [6.45, 7) is 2.57. The van der Waals surface area contributed by atoms with Crippen molar-refractivity contribution in [1.29, 1.82) is 0 Å². The largest absolute Gasteiger partial charge is 0.369 e. The number of nitrogens with two attached hydrogens (primary N) is 1. The summed E-state index contributed by atoms with van der Waals surface area (Å²) in [5, 5.41) is 12.6. The van der Waals surface area contributed by atoms with Crippen LogP contribution in [-0.2, 0) is 11.3 Å². The number of nitrogens with zero attached hydrogens (tertiary/aromatic N) is 4. The minimum Gasteiger partial charge on any atom is -0.369 e. The lowest BCUT2D eigenvalue weighted by molar-refractivity contribution is -0.122. The molecule has 0 radical (unpaired) electrons. The Hall–Kier alpha value is -4.27. The summed E-state index contributed by atoms with van der Waals surface area (Å²) in [6, 6.07) is 16.6. The first kappa shape index (κ1) is 20.6. The molecule has 1 unspecified atom stereocenters. The third-order valence-electron chi connectivity index (χ3n) is 5.78. The molecule has 166 valence electrons. The van der Waals surface area contributed by atoms with E-state index in [1.54, 1.807) is 22.9 Å². The van der Waals surface area contributed by atoms with Gasteiger partial charge in [0.1, 0.15) is 17.3 Å². The molecule has 9 heteroatoms. The number of carbonyl (C=O) groups excluding carboxylic acids is 1. The number of benzene rings is 2. The Kier molecular flexibility index (Phi) is 5.01. The zero-order valence-corrected chi connectivity index (χ0v) is 17.8. The van der Waals surface area contributed by atoms with Gasteiger partial charge in [-0.3, -0.25) is 9.59 Å². The highest BCUT2D eigenvalue weighted by Gasteiger charge is 2.29. The summed E-state index contributed by atoms with van der Waals surface area (Å²) < 4.78 is 16.6. The average molecular weight is 444 g/mol. The SMILES string of the molecule is Cc1ccccc1-n1nc(-c2c(-c3ccc(F)cc3)nn3c2NCC(C(N)=O)C3)ccc1=O. The number of aryl methyl sites for hydroxylation is 1. The fourth-order valence-electron chi connectivity index (χ4n) is 4.03. The minimum absolute atomic E-state index is 0.265. The maximum atomic E-state index is 13.6. The van der Waals surface area contributed by atoms with E-state index in [0.717, 1.165) is 5.56 Å². The first-order valence-corrected chi connectivity index (χ1v) is 10.5. The molecule has 5 rings (SSSR count). The Bertz CT molecular complexity index is 1420. The molecule has 8 nitrogen and oxygen atoms in total. The van der Waals surface area contributed by atoms with Crippen LogP contribution in [0.1, 0.15) is 5.56 Å². The first-order valence-electron chi connectivity index (χ1n) is 10.5. The number of fused-ring (bicyclic) bond motifs is 1. The molecule has 1 aliphatic heterocycles. The second kappa shape index (κ2) is 8.01. The Morgan fingerprint density at radius 2 is 1.85 bits per heavy atom. The lowest BCUT2D eigenvalue weighted by atomic mass is 10.0. The highest BCUT2D eigenvalue weighted by atomic mass is 19.1. The normalized spacial score (nSPS) is 15.0. The van der Waals surface area contributed by atoms with Gasteiger partial charge in [0.15, 0.2) is 0 Å². The van der Waals surface area contributed by atoms with Crippen LogP contribution in [0.25, 0.3) is 28.2 Å². The van der Waals surface area contributed by atoms with E-state index < -0.39 is 11.8 Å². The van der Waals surface area contributed by atoms with E-state index in [2.05, 4.69) is 10.4 Å². The molecule has 0 saturated heterocycles. The van der Waals surface area contributed by atoms with Crippen LogP contribution in [0.15, 0.2) is 65.5 Å². The van der Waals surface area contributed by atoms with Crippen molar-refractivity contribution in [3.8, 4) is 28.2 Å². The second-order valence-corrected chi connectivity index (χ2v) is 8.00. The van der Waals surface area contributed by atoms with Crippen LogP contribution < -0.4 is 16.6 Å². The Labute approximate surface area is 188 Å². The van der Waals surface area contributed by atoms with Crippen LogP contribution >= 0.6 is 0 Å². The number of amides is 1. The highest BCUT2D eigenvalue weighted by Crippen LogP contribution is 2.38. The highest BCUT2D eigenvalue weighted by molar-refractivity contribution is 5.88. The molecule has 4 aromatic rings. The van der Waals surface area contributed by atoms with Gasteiger partial charge < -0.3 is 11.1 Å². The van der Waals surface area contributed by atoms with Gasteiger partial charge in [-0.15, -0.1) is 0 Å². The first-order chi connectivity index (χ1) is 15.9. The number of nitrogens with one attached hydrogen (secondary N) is 1. The molecule has 2 aromatic heterocycles. The van der Waals surface area contributed by atoms with Crippen molar-refractivity contribution in [1.82, 2.24) is 19.6 Å². The van der Waals surface area contributed by atoms with Crippen molar-refractivity contribution in [2.24, 2.45) is 11.7 Å². The van der Waals surface area contributed by atoms with Crippen LogP contribution in [0, 0.1) is 18.7 Å². The van der Waals surface area contributed by atoms with E-state index in [0.29, 0.717) is 47.1 Å². The van der Waals surface area contributed by atoms with E-state index in [9.17, 15) is 14.0 Å². The number of halogens is 1. The zero-order chi connectivity index (χ0) is 23.1. The van der Waals surface area contributed by atoms with Gasteiger partial charge in [-0.25, -0.2) is 9.07 Å². The van der Waals surface area contributed by atoms with E-state index in [1.807, 2.05) is 31.2 Å². The molecular weight excluding hydrogens is 423 g/mol. The van der Waals surface area contributed by atoms with Gasteiger partial charge >= 0.3 is 0 Å². The average Bonchev–Trinajstić information content (AvgIpc) is 3.19. The van der Waals surface area contributed by atoms with Crippen molar-refractivity contribution < 1.29 is 9.18 Å². The summed E-state index contributed by atoms with van der Waals surface area (Å²) in [4.78, 5) is 24.4. The van der Waals surface area contributed by atoms with Gasteiger partial charge in [-0.05, 0) is 48.9 Å². The number of aromatic nitrogens is 4. The number of rotatable bonds is 4. The minimum atomic E-state index is -0.417. The second-order valence-electron chi connectivity index (χ2n) is 8.00. The molecule has 0 aliphatic carbocycles. The molecule has 0 fully saturated rings. The van der Waals surface area contributed by atoms with Gasteiger partial charge in [0.2, 0.25) is 5.91 Å². The molecule has 1 atom stereocenters. The maximum Gasteiger partial charge on any atom is 0.271 e. The summed E-state index contributed by atoms with van der Waals surface area (Å²) in [5.74, 6) is -0.531. The van der Waals surface area contributed by atoms with Crippen LogP contribution in [0.2, 0.25) is 0 Å². The molecule has 0 bridgehead atoms. The molecule has 2 aromatic carbocycles. The molecule has 3 heterocycles.